The molecule has 14 heavy (non-hydrogen) atoms. The van der Waals surface area contributed by atoms with E-state index in [1.165, 1.54) is 6.92 Å². The zero-order chi connectivity index (χ0) is 10.8. The zero-order valence-corrected chi connectivity index (χ0v) is 9.01. The highest BCUT2D eigenvalue weighted by Crippen LogP contribution is 2.31. The van der Waals surface area contributed by atoms with E-state index in [0.717, 1.165) is 0 Å². The molecule has 0 amide bonds. The average molecular weight is 230 g/mol. The third-order valence-corrected chi connectivity index (χ3v) is 4.25. The molecule has 0 aromatic heterocycles. The van der Waals surface area contributed by atoms with Crippen molar-refractivity contribution in [2.75, 3.05) is 0 Å². The Bertz CT molecular complexity index is 463. The second kappa shape index (κ2) is 3.60. The predicted molar refractivity (Wildman–Crippen MR) is 54.2 cm³/mol. The minimum Gasteiger partial charge on any atom is -0.210 e. The Labute approximate surface area is 87.4 Å². The van der Waals surface area contributed by atoms with Crippen LogP contribution in [0.15, 0.2) is 30.3 Å². The van der Waals surface area contributed by atoms with Gasteiger partial charge in [0.1, 0.15) is 0 Å². The van der Waals surface area contributed by atoms with Crippen molar-refractivity contribution in [3.05, 3.63) is 35.9 Å². The SMILES string of the molecule is CC(C#N)(c1ccccc1)S(=O)(=O)Cl. The summed E-state index contributed by atoms with van der Waals surface area (Å²) in [5.41, 5.74) is 0.373. The second-order valence-corrected chi connectivity index (χ2v) is 5.86. The van der Waals surface area contributed by atoms with Crippen LogP contribution in [0.25, 0.3) is 0 Å². The van der Waals surface area contributed by atoms with E-state index >= 15 is 0 Å². The van der Waals surface area contributed by atoms with Crippen LogP contribution in [-0.4, -0.2) is 8.42 Å². The molecule has 1 atom stereocenters. The Morgan fingerprint density at radius 3 is 2.21 bits per heavy atom. The van der Waals surface area contributed by atoms with Gasteiger partial charge in [0.25, 0.3) is 9.05 Å². The molecule has 0 aliphatic rings. The molecule has 3 nitrogen and oxygen atoms in total. The van der Waals surface area contributed by atoms with Gasteiger partial charge in [-0.25, -0.2) is 8.42 Å². The predicted octanol–water partition coefficient (Wildman–Crippen LogP) is 1.99. The van der Waals surface area contributed by atoms with Gasteiger partial charge in [-0.05, 0) is 12.5 Å². The van der Waals surface area contributed by atoms with Gasteiger partial charge in [-0.3, -0.25) is 0 Å². The third-order valence-electron chi connectivity index (χ3n) is 2.03. The number of benzene rings is 1. The Balaban J connectivity index is 3.40. The van der Waals surface area contributed by atoms with E-state index in [0.29, 0.717) is 5.56 Å². The van der Waals surface area contributed by atoms with Crippen molar-refractivity contribution >= 4 is 19.7 Å². The summed E-state index contributed by atoms with van der Waals surface area (Å²) in [6.45, 7) is 1.28. The largest absolute Gasteiger partial charge is 0.255 e. The fraction of sp³-hybridized carbons (Fsp3) is 0.222. The van der Waals surface area contributed by atoms with Crippen LogP contribution in [0.1, 0.15) is 12.5 Å². The first kappa shape index (κ1) is 11.0. The lowest BCUT2D eigenvalue weighted by Gasteiger charge is -2.17. The van der Waals surface area contributed by atoms with Crippen LogP contribution in [0.5, 0.6) is 0 Å². The normalized spacial score (nSPS) is 15.5. The number of halogens is 1. The van der Waals surface area contributed by atoms with Crippen LogP contribution in [0, 0.1) is 11.3 Å². The third kappa shape index (κ3) is 1.74. The van der Waals surface area contributed by atoms with Crippen molar-refractivity contribution in [2.24, 2.45) is 0 Å². The molecule has 0 bridgehead atoms. The first-order chi connectivity index (χ1) is 6.42. The maximum absolute atomic E-state index is 11.2. The lowest BCUT2D eigenvalue weighted by Crippen LogP contribution is -2.26. The first-order valence-electron chi connectivity index (χ1n) is 3.83. The summed E-state index contributed by atoms with van der Waals surface area (Å²) in [4.78, 5) is 0. The average Bonchev–Trinajstić information content (AvgIpc) is 2.16. The maximum atomic E-state index is 11.2. The quantitative estimate of drug-likeness (QED) is 0.729. The standard InChI is InChI=1S/C9H8ClNO2S/c1-9(7-11,14(10,12)13)8-5-3-2-4-6-8/h2-6H,1H3. The molecule has 0 aliphatic carbocycles. The Kier molecular flexibility index (Phi) is 2.84. The van der Waals surface area contributed by atoms with Gasteiger partial charge in [-0.15, -0.1) is 0 Å². The molecular formula is C9H8ClNO2S. The van der Waals surface area contributed by atoms with Crippen molar-refractivity contribution in [1.82, 2.24) is 0 Å². The van der Waals surface area contributed by atoms with Crippen LogP contribution in [0.2, 0.25) is 0 Å². The lowest BCUT2D eigenvalue weighted by atomic mass is 10.0. The summed E-state index contributed by atoms with van der Waals surface area (Å²) >= 11 is 0. The van der Waals surface area contributed by atoms with E-state index in [-0.39, 0.29) is 0 Å². The summed E-state index contributed by atoms with van der Waals surface area (Å²) in [6.07, 6.45) is 0. The summed E-state index contributed by atoms with van der Waals surface area (Å²) < 4.78 is 20.8. The van der Waals surface area contributed by atoms with Crippen molar-refractivity contribution in [2.45, 2.75) is 11.7 Å². The van der Waals surface area contributed by atoms with E-state index < -0.39 is 13.8 Å². The molecule has 0 N–H and O–H groups in total. The number of nitrogens with zero attached hydrogens (tertiary/aromatic N) is 1. The molecular weight excluding hydrogens is 222 g/mol. The van der Waals surface area contributed by atoms with Gasteiger partial charge >= 0.3 is 0 Å². The number of rotatable bonds is 2. The molecule has 0 heterocycles. The molecule has 0 spiro atoms. The van der Waals surface area contributed by atoms with Crippen LogP contribution in [-0.2, 0) is 13.8 Å². The smallest absolute Gasteiger partial charge is 0.210 e. The van der Waals surface area contributed by atoms with Gasteiger partial charge in [0.2, 0.25) is 0 Å². The highest BCUT2D eigenvalue weighted by atomic mass is 35.7. The lowest BCUT2D eigenvalue weighted by molar-refractivity contribution is 0.586. The highest BCUT2D eigenvalue weighted by molar-refractivity contribution is 8.14. The summed E-state index contributed by atoms with van der Waals surface area (Å²) in [7, 11) is 1.27. The zero-order valence-electron chi connectivity index (χ0n) is 7.44. The Hall–Kier alpha value is -1.05. The molecule has 0 radical (unpaired) electrons. The van der Waals surface area contributed by atoms with Crippen LogP contribution in [0.3, 0.4) is 0 Å². The molecule has 1 aromatic carbocycles. The van der Waals surface area contributed by atoms with E-state index in [9.17, 15) is 8.42 Å². The van der Waals surface area contributed by atoms with Crippen molar-refractivity contribution in [1.29, 1.82) is 5.26 Å². The van der Waals surface area contributed by atoms with Gasteiger partial charge in [0, 0.05) is 10.7 Å². The molecule has 1 unspecified atom stereocenters. The van der Waals surface area contributed by atoms with E-state index in [1.807, 2.05) is 0 Å². The Morgan fingerprint density at radius 2 is 1.86 bits per heavy atom. The molecule has 74 valence electrons. The molecule has 0 aliphatic heterocycles. The second-order valence-electron chi connectivity index (χ2n) is 2.95. The molecule has 0 fully saturated rings. The van der Waals surface area contributed by atoms with E-state index in [1.54, 1.807) is 36.4 Å². The van der Waals surface area contributed by atoms with Gasteiger partial charge in [0.15, 0.2) is 4.75 Å². The highest BCUT2D eigenvalue weighted by Gasteiger charge is 2.39. The number of hydrogen-bond donors (Lipinski definition) is 0. The van der Waals surface area contributed by atoms with Crippen LogP contribution >= 0.6 is 10.7 Å². The van der Waals surface area contributed by atoms with Crippen molar-refractivity contribution in [3.8, 4) is 6.07 Å². The number of nitriles is 1. The van der Waals surface area contributed by atoms with Gasteiger partial charge in [-0.2, -0.15) is 5.26 Å². The van der Waals surface area contributed by atoms with E-state index in [4.69, 9.17) is 15.9 Å². The monoisotopic (exact) mass is 229 g/mol. The Morgan fingerprint density at radius 1 is 1.36 bits per heavy atom. The van der Waals surface area contributed by atoms with Gasteiger partial charge < -0.3 is 0 Å². The van der Waals surface area contributed by atoms with Crippen molar-refractivity contribution < 1.29 is 8.42 Å². The van der Waals surface area contributed by atoms with E-state index in [2.05, 4.69) is 0 Å². The fourth-order valence-electron chi connectivity index (χ4n) is 1.02. The van der Waals surface area contributed by atoms with Crippen LogP contribution < -0.4 is 0 Å². The van der Waals surface area contributed by atoms with Crippen molar-refractivity contribution in [3.63, 3.8) is 0 Å². The summed E-state index contributed by atoms with van der Waals surface area (Å²) in [6, 6.07) is 9.89. The minimum atomic E-state index is -3.96. The first-order valence-corrected chi connectivity index (χ1v) is 6.14. The molecule has 0 saturated heterocycles. The molecule has 5 heteroatoms. The molecule has 0 saturated carbocycles. The summed E-state index contributed by atoms with van der Waals surface area (Å²) in [5, 5.41) is 8.86. The van der Waals surface area contributed by atoms with Gasteiger partial charge in [-0.1, -0.05) is 30.3 Å². The summed E-state index contributed by atoms with van der Waals surface area (Å²) in [5.74, 6) is 0. The number of hydrogen-bond acceptors (Lipinski definition) is 3. The fourth-order valence-corrected chi connectivity index (χ4v) is 1.91. The van der Waals surface area contributed by atoms with Crippen LogP contribution in [0.4, 0.5) is 0 Å². The molecule has 1 rings (SSSR count). The van der Waals surface area contributed by atoms with Gasteiger partial charge in [0.05, 0.1) is 6.07 Å². The minimum absolute atomic E-state index is 0.373. The topological polar surface area (TPSA) is 57.9 Å². The maximum Gasteiger partial charge on any atom is 0.255 e. The molecule has 1 aromatic rings.